The van der Waals surface area contributed by atoms with Crippen molar-refractivity contribution in [1.82, 2.24) is 0 Å². The molecule has 1 aromatic carbocycles. The van der Waals surface area contributed by atoms with Crippen LogP contribution in [0.2, 0.25) is 0 Å². The lowest BCUT2D eigenvalue weighted by molar-refractivity contribution is -0.138. The summed E-state index contributed by atoms with van der Waals surface area (Å²) in [6, 6.07) is 4.62. The maximum Gasteiger partial charge on any atom is 0.416 e. The van der Waals surface area contributed by atoms with Crippen molar-refractivity contribution in [2.24, 2.45) is 5.73 Å². The molecule has 18 heavy (non-hydrogen) atoms. The molecule has 0 bridgehead atoms. The zero-order chi connectivity index (χ0) is 14.0. The number of hydrogen-bond donors (Lipinski definition) is 2. The van der Waals surface area contributed by atoms with E-state index in [9.17, 15) is 18.0 Å². The van der Waals surface area contributed by atoms with E-state index in [2.05, 4.69) is 0 Å². The summed E-state index contributed by atoms with van der Waals surface area (Å²) < 4.78 is 37.7. The van der Waals surface area contributed by atoms with Gasteiger partial charge in [-0.15, -0.1) is 0 Å². The van der Waals surface area contributed by atoms with Gasteiger partial charge in [0.1, 0.15) is 0 Å². The fourth-order valence-corrected chi connectivity index (χ4v) is 1.70. The van der Waals surface area contributed by atoms with Crippen LogP contribution < -0.4 is 5.73 Å². The quantitative estimate of drug-likeness (QED) is 0.874. The highest BCUT2D eigenvalue weighted by molar-refractivity contribution is 5.69. The summed E-state index contributed by atoms with van der Waals surface area (Å²) >= 11 is 0. The Labute approximate surface area is 102 Å². The van der Waals surface area contributed by atoms with Gasteiger partial charge in [0.2, 0.25) is 0 Å². The van der Waals surface area contributed by atoms with Crippen molar-refractivity contribution in [3.05, 3.63) is 35.4 Å². The molecule has 1 rings (SSSR count). The van der Waals surface area contributed by atoms with Crippen LogP contribution in [0.25, 0.3) is 0 Å². The normalized spacial score (nSPS) is 15.2. The minimum Gasteiger partial charge on any atom is -0.481 e. The lowest BCUT2D eigenvalue weighted by atomic mass is 9.79. The number of halogens is 3. The molecule has 0 spiro atoms. The van der Waals surface area contributed by atoms with E-state index in [1.807, 2.05) is 0 Å². The Bertz CT molecular complexity index is 445. The second-order valence-corrected chi connectivity index (χ2v) is 4.41. The Hall–Kier alpha value is -1.56. The second-order valence-electron chi connectivity index (χ2n) is 4.41. The zero-order valence-corrected chi connectivity index (χ0v) is 9.79. The molecule has 0 radical (unpaired) electrons. The van der Waals surface area contributed by atoms with Crippen molar-refractivity contribution in [3.8, 4) is 0 Å². The average molecular weight is 261 g/mol. The number of hydrogen-bond acceptors (Lipinski definition) is 2. The number of nitrogens with two attached hydrogens (primary N) is 1. The first kappa shape index (κ1) is 14.5. The molecule has 6 heteroatoms. The summed E-state index contributed by atoms with van der Waals surface area (Å²) in [5.41, 5.74) is 3.97. The Morgan fingerprint density at radius 3 is 2.33 bits per heavy atom. The summed E-state index contributed by atoms with van der Waals surface area (Å²) in [4.78, 5) is 10.8. The molecule has 0 amide bonds. The molecule has 1 unspecified atom stereocenters. The highest BCUT2D eigenvalue weighted by Crippen LogP contribution is 2.33. The maximum atomic E-state index is 12.6. The Morgan fingerprint density at radius 1 is 1.33 bits per heavy atom. The van der Waals surface area contributed by atoms with Gasteiger partial charge >= 0.3 is 12.1 Å². The van der Waals surface area contributed by atoms with Gasteiger partial charge in [0.25, 0.3) is 0 Å². The number of alkyl halides is 3. The van der Waals surface area contributed by atoms with Crippen molar-refractivity contribution < 1.29 is 23.1 Å². The standard InChI is InChI=1S/C12H14F3NO2/c1-11(7-16,6-10(17)18)8-3-2-4-9(5-8)12(13,14)15/h2-5H,6-7,16H2,1H3,(H,17,18). The largest absolute Gasteiger partial charge is 0.481 e. The smallest absolute Gasteiger partial charge is 0.416 e. The molecule has 0 saturated heterocycles. The number of rotatable bonds is 4. The van der Waals surface area contributed by atoms with Crippen molar-refractivity contribution in [3.63, 3.8) is 0 Å². The van der Waals surface area contributed by atoms with Crippen molar-refractivity contribution in [2.75, 3.05) is 6.54 Å². The van der Waals surface area contributed by atoms with Crippen LogP contribution in [0.4, 0.5) is 13.2 Å². The highest BCUT2D eigenvalue weighted by Gasteiger charge is 2.34. The van der Waals surface area contributed by atoms with E-state index in [0.717, 1.165) is 12.1 Å². The summed E-state index contributed by atoms with van der Waals surface area (Å²) in [5.74, 6) is -1.10. The van der Waals surface area contributed by atoms with Gasteiger partial charge in [0.05, 0.1) is 12.0 Å². The first-order valence-electron chi connectivity index (χ1n) is 5.28. The Morgan fingerprint density at radius 2 is 1.89 bits per heavy atom. The Balaban J connectivity index is 3.19. The fourth-order valence-electron chi connectivity index (χ4n) is 1.70. The third-order valence-electron chi connectivity index (χ3n) is 2.88. The van der Waals surface area contributed by atoms with Crippen LogP contribution in [-0.2, 0) is 16.4 Å². The summed E-state index contributed by atoms with van der Waals surface area (Å²) in [6.07, 6.45) is -4.76. The minimum atomic E-state index is -4.45. The molecule has 0 aliphatic heterocycles. The fraction of sp³-hybridized carbons (Fsp3) is 0.417. The van der Waals surface area contributed by atoms with Gasteiger partial charge in [-0.25, -0.2) is 0 Å². The van der Waals surface area contributed by atoms with Gasteiger partial charge in [-0.3, -0.25) is 4.79 Å². The lowest BCUT2D eigenvalue weighted by Gasteiger charge is -2.27. The molecular formula is C12H14F3NO2. The number of carboxylic acid groups (broad SMARTS) is 1. The van der Waals surface area contributed by atoms with Gasteiger partial charge in [0.15, 0.2) is 0 Å². The summed E-state index contributed by atoms with van der Waals surface area (Å²) in [7, 11) is 0. The minimum absolute atomic E-state index is 0.0411. The first-order chi connectivity index (χ1) is 8.19. The molecule has 0 aromatic heterocycles. The summed E-state index contributed by atoms with van der Waals surface area (Å²) in [6.45, 7) is 1.50. The van der Waals surface area contributed by atoms with E-state index in [0.29, 0.717) is 0 Å². The van der Waals surface area contributed by atoms with Crippen molar-refractivity contribution >= 4 is 5.97 Å². The maximum absolute atomic E-state index is 12.6. The molecule has 100 valence electrons. The third kappa shape index (κ3) is 3.22. The molecule has 1 aromatic rings. The van der Waals surface area contributed by atoms with Gasteiger partial charge in [-0.2, -0.15) is 13.2 Å². The Kier molecular flexibility index (Phi) is 4.01. The number of benzene rings is 1. The van der Waals surface area contributed by atoms with Crippen molar-refractivity contribution in [1.29, 1.82) is 0 Å². The predicted octanol–water partition coefficient (Wildman–Crippen LogP) is 2.40. The molecule has 1 atom stereocenters. The van der Waals surface area contributed by atoms with E-state index in [-0.39, 0.29) is 18.5 Å². The van der Waals surface area contributed by atoms with Crippen LogP contribution in [-0.4, -0.2) is 17.6 Å². The molecule has 3 N–H and O–H groups in total. The van der Waals surface area contributed by atoms with Gasteiger partial charge in [-0.05, 0) is 11.6 Å². The molecule has 0 aliphatic rings. The second kappa shape index (κ2) is 4.97. The van der Waals surface area contributed by atoms with E-state index >= 15 is 0 Å². The van der Waals surface area contributed by atoms with E-state index in [4.69, 9.17) is 10.8 Å². The van der Waals surface area contributed by atoms with Crippen LogP contribution in [0, 0.1) is 0 Å². The number of carbonyl (C=O) groups is 1. The van der Waals surface area contributed by atoms with Crippen LogP contribution in [0.1, 0.15) is 24.5 Å². The van der Waals surface area contributed by atoms with Gasteiger partial charge < -0.3 is 10.8 Å². The first-order valence-corrected chi connectivity index (χ1v) is 5.28. The van der Waals surface area contributed by atoms with Crippen LogP contribution in [0.15, 0.2) is 24.3 Å². The van der Waals surface area contributed by atoms with Crippen molar-refractivity contribution in [2.45, 2.75) is 24.9 Å². The van der Waals surface area contributed by atoms with Crippen LogP contribution >= 0.6 is 0 Å². The third-order valence-corrected chi connectivity index (χ3v) is 2.88. The topological polar surface area (TPSA) is 63.3 Å². The molecule has 0 heterocycles. The number of aliphatic carboxylic acids is 1. The van der Waals surface area contributed by atoms with Crippen LogP contribution in [0.3, 0.4) is 0 Å². The SMILES string of the molecule is CC(CN)(CC(=O)O)c1cccc(C(F)(F)F)c1. The van der Waals surface area contributed by atoms with Gasteiger partial charge in [0, 0.05) is 12.0 Å². The zero-order valence-electron chi connectivity index (χ0n) is 9.79. The predicted molar refractivity (Wildman–Crippen MR) is 60.1 cm³/mol. The molecule has 0 fully saturated rings. The number of carboxylic acids is 1. The van der Waals surface area contributed by atoms with Crippen LogP contribution in [0.5, 0.6) is 0 Å². The average Bonchev–Trinajstić information content (AvgIpc) is 2.27. The molecule has 3 nitrogen and oxygen atoms in total. The van der Waals surface area contributed by atoms with Gasteiger partial charge in [-0.1, -0.05) is 25.1 Å². The van der Waals surface area contributed by atoms with E-state index < -0.39 is 23.1 Å². The van der Waals surface area contributed by atoms with E-state index in [1.54, 1.807) is 0 Å². The lowest BCUT2D eigenvalue weighted by Crippen LogP contribution is -2.34. The molecule has 0 aliphatic carbocycles. The summed E-state index contributed by atoms with van der Waals surface area (Å²) in [5, 5.41) is 8.79. The van der Waals surface area contributed by atoms with E-state index in [1.165, 1.54) is 19.1 Å². The molecule has 0 saturated carbocycles. The molecular weight excluding hydrogens is 247 g/mol. The highest BCUT2D eigenvalue weighted by atomic mass is 19.4. The monoisotopic (exact) mass is 261 g/mol.